The molecular formula is C22H25N5OS. The second-order valence-electron chi connectivity index (χ2n) is 6.04. The summed E-state index contributed by atoms with van der Waals surface area (Å²) in [5.74, 6) is 6.07. The van der Waals surface area contributed by atoms with Crippen LogP contribution in [0.1, 0.15) is 28.8 Å². The van der Waals surface area contributed by atoms with Gasteiger partial charge in [0.2, 0.25) is 0 Å². The van der Waals surface area contributed by atoms with E-state index >= 15 is 0 Å². The highest BCUT2D eigenvalue weighted by Gasteiger charge is 2.09. The van der Waals surface area contributed by atoms with Crippen LogP contribution in [0.5, 0.6) is 0 Å². The van der Waals surface area contributed by atoms with Gasteiger partial charge in [0.05, 0.1) is 5.69 Å². The molecule has 6 nitrogen and oxygen atoms in total. The first-order chi connectivity index (χ1) is 14.0. The van der Waals surface area contributed by atoms with E-state index in [1.807, 2.05) is 19.2 Å². The van der Waals surface area contributed by atoms with Crippen molar-refractivity contribution in [1.29, 1.82) is 0 Å². The van der Waals surface area contributed by atoms with Crippen LogP contribution in [0.3, 0.4) is 0 Å². The summed E-state index contributed by atoms with van der Waals surface area (Å²) in [6, 6.07) is 3.74. The molecule has 0 saturated heterocycles. The van der Waals surface area contributed by atoms with Gasteiger partial charge in [-0.3, -0.25) is 10.3 Å². The van der Waals surface area contributed by atoms with Crippen LogP contribution in [-0.2, 0) is 12.8 Å². The monoisotopic (exact) mass is 407 g/mol. The van der Waals surface area contributed by atoms with Gasteiger partial charge < -0.3 is 11.1 Å². The second-order valence-corrected chi connectivity index (χ2v) is 7.04. The van der Waals surface area contributed by atoms with Crippen molar-refractivity contribution in [1.82, 2.24) is 15.3 Å². The number of nitrogens with one attached hydrogen (secondary N) is 2. The van der Waals surface area contributed by atoms with Crippen molar-refractivity contribution in [3.63, 3.8) is 0 Å². The van der Waals surface area contributed by atoms with Crippen molar-refractivity contribution in [3.05, 3.63) is 76.7 Å². The lowest BCUT2D eigenvalue weighted by Gasteiger charge is -2.05. The molecular weight excluding hydrogens is 382 g/mol. The lowest BCUT2D eigenvalue weighted by atomic mass is 10.2. The minimum atomic E-state index is -0.304. The van der Waals surface area contributed by atoms with Gasteiger partial charge in [0.25, 0.3) is 0 Å². The Morgan fingerprint density at radius 3 is 2.90 bits per heavy atom. The summed E-state index contributed by atoms with van der Waals surface area (Å²) in [4.78, 5) is 21.6. The molecule has 2 rings (SSSR count). The predicted molar refractivity (Wildman–Crippen MR) is 120 cm³/mol. The fraction of sp³-hybridized carbons (Fsp3) is 0.227. The van der Waals surface area contributed by atoms with E-state index in [4.69, 9.17) is 5.73 Å². The van der Waals surface area contributed by atoms with Crippen molar-refractivity contribution >= 4 is 22.5 Å². The third-order valence-corrected chi connectivity index (χ3v) is 4.86. The van der Waals surface area contributed by atoms with Crippen molar-refractivity contribution in [2.75, 3.05) is 11.9 Å². The number of carbonyl (C=O) groups excluding carboxylic acids is 1. The fourth-order valence-electron chi connectivity index (χ4n) is 2.32. The summed E-state index contributed by atoms with van der Waals surface area (Å²) in [5, 5.41) is 6.07. The van der Waals surface area contributed by atoms with Crippen LogP contribution in [-0.4, -0.2) is 22.5 Å². The topological polar surface area (TPSA) is 92.9 Å². The highest BCUT2D eigenvalue weighted by molar-refractivity contribution is 7.16. The predicted octanol–water partition coefficient (Wildman–Crippen LogP) is 3.71. The number of urea groups is 1. The molecule has 0 radical (unpaired) electrons. The van der Waals surface area contributed by atoms with E-state index in [-0.39, 0.29) is 6.03 Å². The first kappa shape index (κ1) is 21.9. The third kappa shape index (κ3) is 7.28. The van der Waals surface area contributed by atoms with E-state index < -0.39 is 0 Å². The number of allylic oxidation sites excluding steroid dienone is 4. The van der Waals surface area contributed by atoms with E-state index in [0.29, 0.717) is 18.1 Å². The molecule has 29 heavy (non-hydrogen) atoms. The molecule has 0 aliphatic carbocycles. The number of carbonyl (C=O) groups is 1. The molecule has 0 aliphatic rings. The first-order valence-corrected chi connectivity index (χ1v) is 10.1. The maximum Gasteiger partial charge on any atom is 0.321 e. The third-order valence-electron chi connectivity index (χ3n) is 3.87. The van der Waals surface area contributed by atoms with Gasteiger partial charge in [-0.05, 0) is 49.2 Å². The Bertz CT molecular complexity index is 961. The summed E-state index contributed by atoms with van der Waals surface area (Å²) in [7, 11) is 0. The standard InChI is InChI=1S/C22H25N5OS/c1-4-6-18(11-13-23)8-10-20-16(3)26-22(29-20)27-21(28)24-14-12-19-9-7-17(5-2)15-25-19/h4,6-7,9,11,13,15H,1,5,12,14,23H2,2-3H3,(H2,24,26,27,28)/b13-11-,18-6-. The summed E-state index contributed by atoms with van der Waals surface area (Å²) < 4.78 is 0. The molecule has 0 saturated carbocycles. The SMILES string of the molecule is C=C/C=C(C#Cc1sc(NC(=O)NCCc2ccc(CC)cn2)nc1C)\C=C/N. The number of nitrogens with zero attached hydrogens (tertiary/aromatic N) is 2. The van der Waals surface area contributed by atoms with Gasteiger partial charge in [0, 0.05) is 30.4 Å². The van der Waals surface area contributed by atoms with E-state index in [9.17, 15) is 4.79 Å². The summed E-state index contributed by atoms with van der Waals surface area (Å²) >= 11 is 1.32. The van der Waals surface area contributed by atoms with Crippen molar-refractivity contribution in [2.45, 2.75) is 26.7 Å². The first-order valence-electron chi connectivity index (χ1n) is 9.24. The lowest BCUT2D eigenvalue weighted by Crippen LogP contribution is -2.30. The zero-order valence-electron chi connectivity index (χ0n) is 16.7. The van der Waals surface area contributed by atoms with Crippen LogP contribution >= 0.6 is 11.3 Å². The summed E-state index contributed by atoms with van der Waals surface area (Å²) in [5.41, 5.74) is 9.05. The maximum atomic E-state index is 12.1. The smallest absolute Gasteiger partial charge is 0.321 e. The number of pyridine rings is 1. The Morgan fingerprint density at radius 1 is 1.41 bits per heavy atom. The number of hydrogen-bond donors (Lipinski definition) is 3. The Balaban J connectivity index is 1.90. The van der Waals surface area contributed by atoms with Gasteiger partial charge in [0.15, 0.2) is 5.13 Å². The minimum Gasteiger partial charge on any atom is -0.405 e. The quantitative estimate of drug-likeness (QED) is 0.482. The molecule has 4 N–H and O–H groups in total. The number of aromatic nitrogens is 2. The highest BCUT2D eigenvalue weighted by Crippen LogP contribution is 2.21. The Kier molecular flexibility index (Phi) is 8.67. The van der Waals surface area contributed by atoms with Crippen LogP contribution in [0.4, 0.5) is 9.93 Å². The minimum absolute atomic E-state index is 0.304. The number of aryl methyl sites for hydroxylation is 2. The molecule has 0 bridgehead atoms. The van der Waals surface area contributed by atoms with E-state index in [0.717, 1.165) is 28.3 Å². The van der Waals surface area contributed by atoms with Gasteiger partial charge >= 0.3 is 6.03 Å². The van der Waals surface area contributed by atoms with Crippen LogP contribution in [0.15, 0.2) is 54.9 Å². The average Bonchev–Trinajstić information content (AvgIpc) is 3.06. The molecule has 2 heterocycles. The molecule has 0 unspecified atom stereocenters. The van der Waals surface area contributed by atoms with Crippen molar-refractivity contribution in [3.8, 4) is 11.8 Å². The molecule has 7 heteroatoms. The van der Waals surface area contributed by atoms with Crippen LogP contribution in [0.2, 0.25) is 0 Å². The number of anilines is 1. The molecule has 2 aromatic heterocycles. The molecule has 2 amide bonds. The van der Waals surface area contributed by atoms with Crippen molar-refractivity contribution < 1.29 is 4.79 Å². The van der Waals surface area contributed by atoms with Gasteiger partial charge in [-0.25, -0.2) is 9.78 Å². The Labute approximate surface area is 175 Å². The van der Waals surface area contributed by atoms with E-state index in [1.54, 1.807) is 18.2 Å². The zero-order chi connectivity index (χ0) is 21.1. The lowest BCUT2D eigenvalue weighted by molar-refractivity contribution is 0.252. The fourth-order valence-corrected chi connectivity index (χ4v) is 3.14. The molecule has 0 aliphatic heterocycles. The van der Waals surface area contributed by atoms with Crippen LogP contribution in [0, 0.1) is 18.8 Å². The number of rotatable bonds is 7. The van der Waals surface area contributed by atoms with Gasteiger partial charge in [-0.1, -0.05) is 42.9 Å². The number of nitrogens with two attached hydrogens (primary N) is 1. The largest absolute Gasteiger partial charge is 0.405 e. The molecule has 0 spiro atoms. The number of amides is 2. The maximum absolute atomic E-state index is 12.1. The second kappa shape index (κ2) is 11.5. The van der Waals surface area contributed by atoms with Gasteiger partial charge in [0.1, 0.15) is 4.88 Å². The molecule has 0 atom stereocenters. The van der Waals surface area contributed by atoms with Gasteiger partial charge in [-0.15, -0.1) is 0 Å². The Hall–Kier alpha value is -3.37. The Morgan fingerprint density at radius 2 is 2.24 bits per heavy atom. The highest BCUT2D eigenvalue weighted by atomic mass is 32.1. The van der Waals surface area contributed by atoms with E-state index in [2.05, 4.69) is 52.0 Å². The number of hydrogen-bond acceptors (Lipinski definition) is 5. The average molecular weight is 408 g/mol. The summed E-state index contributed by atoms with van der Waals surface area (Å²) in [6.07, 6.45) is 10.0. The van der Waals surface area contributed by atoms with E-state index in [1.165, 1.54) is 23.1 Å². The van der Waals surface area contributed by atoms with Crippen molar-refractivity contribution in [2.24, 2.45) is 5.73 Å². The molecule has 0 fully saturated rings. The molecule has 0 aromatic carbocycles. The number of thiazole rings is 1. The molecule has 150 valence electrons. The normalized spacial score (nSPS) is 11.0. The summed E-state index contributed by atoms with van der Waals surface area (Å²) in [6.45, 7) is 8.09. The van der Waals surface area contributed by atoms with Gasteiger partial charge in [-0.2, -0.15) is 0 Å². The van der Waals surface area contributed by atoms with Crippen LogP contribution < -0.4 is 16.4 Å². The molecule has 2 aromatic rings. The zero-order valence-corrected chi connectivity index (χ0v) is 17.5. The van der Waals surface area contributed by atoms with Crippen LogP contribution in [0.25, 0.3) is 0 Å².